The van der Waals surface area contributed by atoms with Gasteiger partial charge in [-0.15, -0.1) is 0 Å². The Morgan fingerprint density at radius 3 is 1.82 bits per heavy atom. The second-order valence-electron chi connectivity index (χ2n) is 16.5. The molecular weight excluding hydrogens is 679 g/mol. The molecule has 2 aliphatic carbocycles. The van der Waals surface area contributed by atoms with Crippen molar-refractivity contribution in [3.63, 3.8) is 0 Å². The van der Waals surface area contributed by atoms with E-state index < -0.39 is 0 Å². The average Bonchev–Trinajstić information content (AvgIpc) is 3.81. The second-order valence-corrected chi connectivity index (χ2v) is 16.5. The van der Waals surface area contributed by atoms with Crippen molar-refractivity contribution in [3.8, 4) is 44.5 Å². The monoisotopic (exact) mass is 719 g/mol. The van der Waals surface area contributed by atoms with Crippen molar-refractivity contribution in [3.05, 3.63) is 198 Å². The molecule has 8 aromatic carbocycles. The maximum atomic E-state index is 6.46. The topological polar surface area (TPSA) is 16.4 Å². The minimum atomic E-state index is -0.112. The van der Waals surface area contributed by atoms with Crippen molar-refractivity contribution in [2.45, 2.75) is 38.5 Å². The van der Waals surface area contributed by atoms with E-state index in [-0.39, 0.29) is 10.8 Å². The second kappa shape index (κ2) is 11.9. The Morgan fingerprint density at radius 2 is 0.982 bits per heavy atom. The van der Waals surface area contributed by atoms with Crippen LogP contribution in [0.3, 0.4) is 0 Å². The van der Waals surface area contributed by atoms with Gasteiger partial charge in [-0.1, -0.05) is 161 Å². The highest BCUT2D eigenvalue weighted by Gasteiger charge is 2.38. The number of hydrogen-bond acceptors (Lipinski definition) is 2. The highest BCUT2D eigenvalue weighted by Crippen LogP contribution is 2.55. The molecule has 0 atom stereocenters. The molecule has 2 nitrogen and oxygen atoms in total. The standard InChI is InChI=1S/C54H41NO/c1-53(2)46-22-9-6-18-44(46)51-47(53)23-13-24-49(51)55(37-29-26-34(27-30-37)39-19-12-20-43-42-17-7-10-25-50(42)56-52(39)43)38-15-11-14-35(32-38)36-28-31-41-40-16-5-8-21-45(40)54(3,4)48(41)33-36/h5-33H,1-4H3. The minimum Gasteiger partial charge on any atom is -0.455 e. The molecule has 0 aliphatic heterocycles. The number of anilines is 3. The van der Waals surface area contributed by atoms with Crippen molar-refractivity contribution < 1.29 is 4.42 Å². The number of benzene rings is 8. The fourth-order valence-corrected chi connectivity index (χ4v) is 9.82. The van der Waals surface area contributed by atoms with Crippen LogP contribution >= 0.6 is 0 Å². The van der Waals surface area contributed by atoms with Gasteiger partial charge in [-0.25, -0.2) is 0 Å². The lowest BCUT2D eigenvalue weighted by atomic mass is 9.81. The van der Waals surface area contributed by atoms with Crippen molar-refractivity contribution in [1.29, 1.82) is 0 Å². The van der Waals surface area contributed by atoms with E-state index in [1.54, 1.807) is 0 Å². The van der Waals surface area contributed by atoms with E-state index in [2.05, 4.69) is 202 Å². The lowest BCUT2D eigenvalue weighted by Gasteiger charge is -2.29. The Balaban J connectivity index is 1.07. The lowest BCUT2D eigenvalue weighted by molar-refractivity contribution is 0.660. The van der Waals surface area contributed by atoms with Gasteiger partial charge in [0.15, 0.2) is 0 Å². The van der Waals surface area contributed by atoms with Gasteiger partial charge in [0, 0.05) is 44.1 Å². The van der Waals surface area contributed by atoms with Gasteiger partial charge in [-0.05, 0) is 98.1 Å². The van der Waals surface area contributed by atoms with Crippen LogP contribution in [-0.2, 0) is 10.8 Å². The fraction of sp³-hybridized carbons (Fsp3) is 0.111. The molecule has 0 N–H and O–H groups in total. The zero-order chi connectivity index (χ0) is 37.8. The molecular formula is C54H41NO. The molecule has 1 heterocycles. The molecule has 0 amide bonds. The van der Waals surface area contributed by atoms with E-state index in [4.69, 9.17) is 4.42 Å². The number of nitrogens with zero attached hydrogens (tertiary/aromatic N) is 1. The van der Waals surface area contributed by atoms with Gasteiger partial charge < -0.3 is 9.32 Å². The van der Waals surface area contributed by atoms with Crippen LogP contribution in [0.4, 0.5) is 17.1 Å². The van der Waals surface area contributed by atoms with Crippen LogP contribution in [-0.4, -0.2) is 0 Å². The van der Waals surface area contributed by atoms with Crippen LogP contribution in [0.15, 0.2) is 180 Å². The summed E-state index contributed by atoms with van der Waals surface area (Å²) in [5.41, 5.74) is 20.5. The van der Waals surface area contributed by atoms with E-state index >= 15 is 0 Å². The molecule has 0 saturated heterocycles. The van der Waals surface area contributed by atoms with Crippen LogP contribution in [0.1, 0.15) is 49.9 Å². The maximum Gasteiger partial charge on any atom is 0.143 e. The zero-order valence-electron chi connectivity index (χ0n) is 32.1. The third-order valence-corrected chi connectivity index (χ3v) is 12.7. The Bertz CT molecular complexity index is 3030. The molecule has 0 bridgehead atoms. The summed E-state index contributed by atoms with van der Waals surface area (Å²) in [4.78, 5) is 2.46. The van der Waals surface area contributed by atoms with Gasteiger partial charge in [-0.3, -0.25) is 0 Å². The van der Waals surface area contributed by atoms with E-state index in [1.165, 1.54) is 61.3 Å². The first kappa shape index (κ1) is 32.8. The summed E-state index contributed by atoms with van der Waals surface area (Å²) in [5.74, 6) is 0. The molecule has 1 aromatic heterocycles. The first-order chi connectivity index (χ1) is 27.3. The van der Waals surface area contributed by atoms with Gasteiger partial charge in [0.1, 0.15) is 11.2 Å². The molecule has 56 heavy (non-hydrogen) atoms. The Hall–Kier alpha value is -6.64. The quantitative estimate of drug-likeness (QED) is 0.176. The summed E-state index contributed by atoms with van der Waals surface area (Å²) in [6.45, 7) is 9.42. The number of furan rings is 1. The number of para-hydroxylation sites is 2. The molecule has 0 radical (unpaired) electrons. The van der Waals surface area contributed by atoms with Crippen molar-refractivity contribution in [2.75, 3.05) is 4.90 Å². The number of hydrogen-bond donors (Lipinski definition) is 0. The van der Waals surface area contributed by atoms with E-state index in [9.17, 15) is 0 Å². The molecule has 2 heteroatoms. The molecule has 268 valence electrons. The summed E-state index contributed by atoms with van der Waals surface area (Å²) in [7, 11) is 0. The van der Waals surface area contributed by atoms with Gasteiger partial charge in [-0.2, -0.15) is 0 Å². The van der Waals surface area contributed by atoms with E-state index in [0.717, 1.165) is 44.4 Å². The predicted molar refractivity (Wildman–Crippen MR) is 234 cm³/mol. The molecule has 2 aliphatic rings. The highest BCUT2D eigenvalue weighted by atomic mass is 16.3. The third-order valence-electron chi connectivity index (χ3n) is 12.7. The molecule has 11 rings (SSSR count). The highest BCUT2D eigenvalue weighted by molar-refractivity contribution is 6.09. The molecule has 9 aromatic rings. The summed E-state index contributed by atoms with van der Waals surface area (Å²) < 4.78 is 6.46. The smallest absolute Gasteiger partial charge is 0.143 e. The number of rotatable bonds is 5. The zero-order valence-corrected chi connectivity index (χ0v) is 32.1. The SMILES string of the molecule is CC1(C)c2ccccc2-c2ccc(-c3cccc(N(c4ccc(-c5cccc6c5oc5ccccc56)cc4)c4cccc5c4-c4ccccc4C5(C)C)c3)cc21. The fourth-order valence-electron chi connectivity index (χ4n) is 9.82. The van der Waals surface area contributed by atoms with Crippen molar-refractivity contribution in [1.82, 2.24) is 0 Å². The molecule has 0 spiro atoms. The normalized spacial score (nSPS) is 14.4. The van der Waals surface area contributed by atoms with Gasteiger partial charge in [0.2, 0.25) is 0 Å². The van der Waals surface area contributed by atoms with Gasteiger partial charge in [0.25, 0.3) is 0 Å². The average molecular weight is 720 g/mol. The first-order valence-corrected chi connectivity index (χ1v) is 19.7. The first-order valence-electron chi connectivity index (χ1n) is 19.7. The summed E-state index contributed by atoms with van der Waals surface area (Å²) in [5, 5.41) is 2.28. The minimum absolute atomic E-state index is 0.0647. The van der Waals surface area contributed by atoms with Crippen LogP contribution < -0.4 is 4.90 Å². The van der Waals surface area contributed by atoms with E-state index in [1.807, 2.05) is 6.07 Å². The van der Waals surface area contributed by atoms with Crippen LogP contribution in [0.25, 0.3) is 66.4 Å². The molecule has 0 saturated carbocycles. The third kappa shape index (κ3) is 4.69. The van der Waals surface area contributed by atoms with Gasteiger partial charge >= 0.3 is 0 Å². The van der Waals surface area contributed by atoms with Crippen LogP contribution in [0.2, 0.25) is 0 Å². The summed E-state index contributed by atoms with van der Waals surface area (Å²) in [6.07, 6.45) is 0. The Kier molecular flexibility index (Phi) is 6.98. The van der Waals surface area contributed by atoms with Crippen LogP contribution in [0.5, 0.6) is 0 Å². The molecule has 0 fully saturated rings. The largest absolute Gasteiger partial charge is 0.455 e. The van der Waals surface area contributed by atoms with Crippen molar-refractivity contribution in [2.24, 2.45) is 0 Å². The molecule has 0 unspecified atom stereocenters. The summed E-state index contributed by atoms with van der Waals surface area (Å²) >= 11 is 0. The summed E-state index contributed by atoms with van der Waals surface area (Å²) in [6, 6.07) is 64.6. The van der Waals surface area contributed by atoms with Crippen LogP contribution in [0, 0.1) is 0 Å². The van der Waals surface area contributed by atoms with Gasteiger partial charge in [0.05, 0.1) is 5.69 Å². The Morgan fingerprint density at radius 1 is 0.393 bits per heavy atom. The van der Waals surface area contributed by atoms with Crippen molar-refractivity contribution >= 4 is 39.0 Å². The number of fused-ring (bicyclic) bond motifs is 9. The maximum absolute atomic E-state index is 6.46. The Labute approximate surface area is 328 Å². The van der Waals surface area contributed by atoms with E-state index in [0.29, 0.717) is 0 Å². The predicted octanol–water partition coefficient (Wildman–Crippen LogP) is 15.0. The lowest BCUT2D eigenvalue weighted by Crippen LogP contribution is -2.16.